The summed E-state index contributed by atoms with van der Waals surface area (Å²) in [4.78, 5) is 24.5. The van der Waals surface area contributed by atoms with E-state index in [2.05, 4.69) is 4.74 Å². The molecule has 2 rings (SSSR count). The maximum Gasteiger partial charge on any atom is 0.573 e. The van der Waals surface area contributed by atoms with E-state index in [-0.39, 0.29) is 30.5 Å². The first-order chi connectivity index (χ1) is 11.2. The van der Waals surface area contributed by atoms with Crippen LogP contribution in [-0.2, 0) is 9.59 Å². The molecule has 0 bridgehead atoms. The van der Waals surface area contributed by atoms with Gasteiger partial charge in [-0.25, -0.2) is 0 Å². The highest BCUT2D eigenvalue weighted by atomic mass is 19.4. The zero-order valence-electron chi connectivity index (χ0n) is 13.0. The van der Waals surface area contributed by atoms with Crippen molar-refractivity contribution in [3.05, 3.63) is 29.8 Å². The molecular weight excluding hydrogens is 327 g/mol. The van der Waals surface area contributed by atoms with Gasteiger partial charge in [-0.05, 0) is 30.9 Å². The van der Waals surface area contributed by atoms with E-state index in [1.165, 1.54) is 23.1 Å². The van der Waals surface area contributed by atoms with Crippen LogP contribution in [-0.4, -0.2) is 41.3 Å². The molecule has 1 amide bonds. The lowest BCUT2D eigenvalue weighted by molar-refractivity contribution is -0.274. The van der Waals surface area contributed by atoms with Crippen LogP contribution in [0.1, 0.15) is 31.2 Å². The molecule has 132 valence electrons. The largest absolute Gasteiger partial charge is 0.573 e. The maximum absolute atomic E-state index is 12.5. The van der Waals surface area contributed by atoms with Gasteiger partial charge in [0.05, 0.1) is 6.42 Å². The van der Waals surface area contributed by atoms with Crippen molar-refractivity contribution in [2.24, 2.45) is 5.92 Å². The number of alkyl halides is 3. The summed E-state index contributed by atoms with van der Waals surface area (Å²) in [6.45, 7) is 2.18. The molecule has 1 N–H and O–H groups in total. The van der Waals surface area contributed by atoms with Crippen molar-refractivity contribution in [1.29, 1.82) is 0 Å². The second-order valence-electron chi connectivity index (χ2n) is 5.60. The van der Waals surface area contributed by atoms with Gasteiger partial charge in [0.1, 0.15) is 5.75 Å². The van der Waals surface area contributed by atoms with Crippen molar-refractivity contribution in [2.45, 2.75) is 32.0 Å². The average molecular weight is 345 g/mol. The van der Waals surface area contributed by atoms with Gasteiger partial charge in [-0.15, -0.1) is 13.2 Å². The molecule has 8 heteroatoms. The Hall–Kier alpha value is -2.25. The SMILES string of the molecule is CCN(CCC(=O)O)C(=O)[C@H]1C[C@H]1c1ccccc1OC(F)(F)F. The van der Waals surface area contributed by atoms with Crippen LogP contribution in [0.4, 0.5) is 13.2 Å². The first-order valence-electron chi connectivity index (χ1n) is 7.58. The number of carbonyl (C=O) groups is 2. The summed E-state index contributed by atoms with van der Waals surface area (Å²) in [6.07, 6.45) is -4.52. The number of rotatable bonds is 7. The number of hydrogen-bond acceptors (Lipinski definition) is 3. The highest BCUT2D eigenvalue weighted by Crippen LogP contribution is 2.51. The molecule has 1 aromatic rings. The van der Waals surface area contributed by atoms with E-state index in [0.29, 0.717) is 18.5 Å². The molecule has 0 spiro atoms. The third-order valence-electron chi connectivity index (χ3n) is 3.94. The van der Waals surface area contributed by atoms with E-state index >= 15 is 0 Å². The Kier molecular flexibility index (Phi) is 5.36. The Bertz CT molecular complexity index is 618. The maximum atomic E-state index is 12.5. The number of halogens is 3. The topological polar surface area (TPSA) is 66.8 Å². The lowest BCUT2D eigenvalue weighted by Crippen LogP contribution is -2.34. The predicted molar refractivity (Wildman–Crippen MR) is 78.5 cm³/mol. The van der Waals surface area contributed by atoms with Gasteiger partial charge in [0.15, 0.2) is 0 Å². The van der Waals surface area contributed by atoms with Crippen LogP contribution in [0.25, 0.3) is 0 Å². The van der Waals surface area contributed by atoms with Gasteiger partial charge in [0.25, 0.3) is 0 Å². The molecule has 0 aliphatic heterocycles. The number of benzene rings is 1. The van der Waals surface area contributed by atoms with E-state index < -0.39 is 18.2 Å². The predicted octanol–water partition coefficient (Wildman–Crippen LogP) is 3.01. The molecule has 1 saturated carbocycles. The molecule has 1 aliphatic carbocycles. The minimum Gasteiger partial charge on any atom is -0.481 e. The second kappa shape index (κ2) is 7.11. The van der Waals surface area contributed by atoms with Crippen LogP contribution in [0.2, 0.25) is 0 Å². The number of para-hydroxylation sites is 1. The van der Waals surface area contributed by atoms with Crippen LogP contribution >= 0.6 is 0 Å². The summed E-state index contributed by atoms with van der Waals surface area (Å²) in [5, 5.41) is 8.71. The molecule has 1 fully saturated rings. The molecule has 1 aliphatic rings. The first-order valence-corrected chi connectivity index (χ1v) is 7.58. The van der Waals surface area contributed by atoms with Gasteiger partial charge in [0.2, 0.25) is 5.91 Å². The molecule has 24 heavy (non-hydrogen) atoms. The van der Waals surface area contributed by atoms with Crippen LogP contribution in [0.15, 0.2) is 24.3 Å². The number of carboxylic acid groups (broad SMARTS) is 1. The van der Waals surface area contributed by atoms with Crippen molar-refractivity contribution < 1.29 is 32.6 Å². The molecule has 0 aromatic heterocycles. The van der Waals surface area contributed by atoms with E-state index in [1.807, 2.05) is 0 Å². The lowest BCUT2D eigenvalue weighted by atomic mass is 10.1. The van der Waals surface area contributed by atoms with Crippen molar-refractivity contribution in [1.82, 2.24) is 4.90 Å². The smallest absolute Gasteiger partial charge is 0.481 e. The zero-order chi connectivity index (χ0) is 17.9. The monoisotopic (exact) mass is 345 g/mol. The zero-order valence-corrected chi connectivity index (χ0v) is 13.0. The molecule has 0 heterocycles. The average Bonchev–Trinajstić information content (AvgIpc) is 3.26. The quantitative estimate of drug-likeness (QED) is 0.825. The van der Waals surface area contributed by atoms with Gasteiger partial charge < -0.3 is 14.7 Å². The Morgan fingerprint density at radius 1 is 1.33 bits per heavy atom. The van der Waals surface area contributed by atoms with Crippen LogP contribution < -0.4 is 4.74 Å². The molecule has 0 radical (unpaired) electrons. The number of aliphatic carboxylic acids is 1. The van der Waals surface area contributed by atoms with Gasteiger partial charge in [-0.1, -0.05) is 18.2 Å². The van der Waals surface area contributed by atoms with Gasteiger partial charge in [-0.3, -0.25) is 9.59 Å². The molecule has 0 saturated heterocycles. The minimum atomic E-state index is -4.79. The summed E-state index contributed by atoms with van der Waals surface area (Å²) in [5.74, 6) is -2.30. The number of carbonyl (C=O) groups excluding carboxylic acids is 1. The minimum absolute atomic E-state index is 0.0918. The third kappa shape index (κ3) is 4.62. The summed E-state index contributed by atoms with van der Waals surface area (Å²) >= 11 is 0. The fourth-order valence-corrected chi connectivity index (χ4v) is 2.71. The van der Waals surface area contributed by atoms with Crippen LogP contribution in [0, 0.1) is 5.92 Å². The summed E-state index contributed by atoms with van der Waals surface area (Å²) in [7, 11) is 0. The fourth-order valence-electron chi connectivity index (χ4n) is 2.71. The normalized spacial score (nSPS) is 19.7. The number of amides is 1. The summed E-state index contributed by atoms with van der Waals surface area (Å²) in [6, 6.07) is 5.78. The molecule has 0 unspecified atom stereocenters. The molecular formula is C16H18F3NO4. The Morgan fingerprint density at radius 2 is 2.00 bits per heavy atom. The van der Waals surface area contributed by atoms with Gasteiger partial charge in [-0.2, -0.15) is 0 Å². The van der Waals surface area contributed by atoms with Crippen LogP contribution in [0.5, 0.6) is 5.75 Å². The third-order valence-corrected chi connectivity index (χ3v) is 3.94. The number of ether oxygens (including phenoxy) is 1. The highest BCUT2D eigenvalue weighted by molar-refractivity contribution is 5.83. The second-order valence-corrected chi connectivity index (χ2v) is 5.60. The Balaban J connectivity index is 2.06. The first kappa shape index (κ1) is 18.1. The van der Waals surface area contributed by atoms with Crippen molar-refractivity contribution in [2.75, 3.05) is 13.1 Å². The number of carboxylic acids is 1. The van der Waals surface area contributed by atoms with Crippen molar-refractivity contribution >= 4 is 11.9 Å². The van der Waals surface area contributed by atoms with E-state index in [9.17, 15) is 22.8 Å². The highest BCUT2D eigenvalue weighted by Gasteiger charge is 2.47. The standard InChI is InChI=1S/C16H18F3NO4/c1-2-20(8-7-14(21)22)15(23)12-9-11(12)10-5-3-4-6-13(10)24-16(17,18)19/h3-6,11-12H,2,7-9H2,1H3,(H,21,22)/t11-,12-/m0/s1. The van der Waals surface area contributed by atoms with Crippen molar-refractivity contribution in [3.63, 3.8) is 0 Å². The number of hydrogen-bond donors (Lipinski definition) is 1. The lowest BCUT2D eigenvalue weighted by Gasteiger charge is -2.20. The Labute approximate surface area is 137 Å². The van der Waals surface area contributed by atoms with E-state index in [0.717, 1.165) is 0 Å². The Morgan fingerprint density at radius 3 is 2.58 bits per heavy atom. The number of nitrogens with zero attached hydrogens (tertiary/aromatic N) is 1. The molecule has 5 nitrogen and oxygen atoms in total. The van der Waals surface area contributed by atoms with Crippen molar-refractivity contribution in [3.8, 4) is 5.75 Å². The summed E-state index contributed by atoms with van der Waals surface area (Å²) in [5.41, 5.74) is 0.350. The van der Waals surface area contributed by atoms with E-state index in [4.69, 9.17) is 5.11 Å². The molecule has 2 atom stereocenters. The molecule has 1 aromatic carbocycles. The van der Waals surface area contributed by atoms with Gasteiger partial charge >= 0.3 is 12.3 Å². The van der Waals surface area contributed by atoms with E-state index in [1.54, 1.807) is 13.0 Å². The van der Waals surface area contributed by atoms with Gasteiger partial charge in [0, 0.05) is 19.0 Å². The van der Waals surface area contributed by atoms with Crippen LogP contribution in [0.3, 0.4) is 0 Å². The fraction of sp³-hybridized carbons (Fsp3) is 0.500. The summed E-state index contributed by atoms with van der Waals surface area (Å²) < 4.78 is 41.4.